The number of phenols is 2. The van der Waals surface area contributed by atoms with Gasteiger partial charge in [-0.2, -0.15) is 0 Å². The van der Waals surface area contributed by atoms with Gasteiger partial charge in [0.1, 0.15) is 11.5 Å². The van der Waals surface area contributed by atoms with Gasteiger partial charge in [-0.15, -0.1) is 0 Å². The van der Waals surface area contributed by atoms with Crippen molar-refractivity contribution in [3.05, 3.63) is 29.3 Å². The molecule has 0 aromatic heterocycles. The molecule has 0 aliphatic heterocycles. The Balaban J connectivity index is 3.56. The first-order chi connectivity index (χ1) is 9.01. The van der Waals surface area contributed by atoms with Crippen molar-refractivity contribution in [2.24, 2.45) is 0 Å². The van der Waals surface area contributed by atoms with Crippen LogP contribution < -0.4 is 5.32 Å². The lowest BCUT2D eigenvalue weighted by Gasteiger charge is -2.19. The Morgan fingerprint density at radius 1 is 1.05 bits per heavy atom. The Bertz CT molecular complexity index is 507. The molecule has 0 saturated carbocycles. The fourth-order valence-electron chi connectivity index (χ4n) is 2.29. The molecule has 0 unspecified atom stereocenters. The van der Waals surface area contributed by atoms with Gasteiger partial charge in [0.05, 0.1) is 5.69 Å². The van der Waals surface area contributed by atoms with E-state index in [0.717, 1.165) is 11.6 Å². The second kappa shape index (κ2) is 6.27. The van der Waals surface area contributed by atoms with Crippen LogP contribution in [0.25, 0.3) is 0 Å². The van der Waals surface area contributed by atoms with Crippen LogP contribution in [0.1, 0.15) is 37.5 Å². The fraction of sp³-hybridized carbons (Fsp3) is 0.400. The van der Waals surface area contributed by atoms with Crippen molar-refractivity contribution in [3.8, 4) is 11.5 Å². The van der Waals surface area contributed by atoms with Gasteiger partial charge in [0.25, 0.3) is 0 Å². The number of carbonyl (C=O) groups excluding carboxylic acids is 1. The summed E-state index contributed by atoms with van der Waals surface area (Å²) in [5.74, 6) is -0.195. The zero-order chi connectivity index (χ0) is 14.6. The predicted molar refractivity (Wildman–Crippen MR) is 76.7 cm³/mol. The lowest BCUT2D eigenvalue weighted by atomic mass is 9.94. The molecule has 0 heterocycles. The van der Waals surface area contributed by atoms with Crippen molar-refractivity contribution >= 4 is 11.6 Å². The molecular weight excluding hydrogens is 242 g/mol. The van der Waals surface area contributed by atoms with Crippen molar-refractivity contribution < 1.29 is 15.0 Å². The van der Waals surface area contributed by atoms with E-state index in [1.165, 1.54) is 0 Å². The minimum Gasteiger partial charge on any atom is -0.507 e. The molecule has 19 heavy (non-hydrogen) atoms. The Kier molecular flexibility index (Phi) is 4.98. The molecule has 0 atom stereocenters. The summed E-state index contributed by atoms with van der Waals surface area (Å²) in [4.78, 5) is 11.4. The van der Waals surface area contributed by atoms with E-state index in [2.05, 4.69) is 11.9 Å². The molecule has 0 saturated heterocycles. The molecule has 0 bridgehead atoms. The number of rotatable bonds is 5. The van der Waals surface area contributed by atoms with E-state index in [1.54, 1.807) is 0 Å². The van der Waals surface area contributed by atoms with E-state index < -0.39 is 5.91 Å². The van der Waals surface area contributed by atoms with E-state index >= 15 is 0 Å². The molecule has 0 aliphatic rings. The van der Waals surface area contributed by atoms with Crippen molar-refractivity contribution in [2.75, 3.05) is 5.32 Å². The Labute approximate surface area is 113 Å². The minimum atomic E-state index is -0.407. The number of benzene rings is 1. The highest BCUT2D eigenvalue weighted by Gasteiger charge is 2.21. The monoisotopic (exact) mass is 263 g/mol. The molecule has 4 heteroatoms. The average Bonchev–Trinajstić information content (AvgIpc) is 2.42. The van der Waals surface area contributed by atoms with Crippen LogP contribution in [-0.2, 0) is 24.1 Å². The largest absolute Gasteiger partial charge is 0.507 e. The summed E-state index contributed by atoms with van der Waals surface area (Å²) in [5.41, 5.74) is 2.27. The maximum atomic E-state index is 11.4. The topological polar surface area (TPSA) is 69.6 Å². The molecule has 1 rings (SSSR count). The van der Waals surface area contributed by atoms with E-state index in [-0.39, 0.29) is 11.5 Å². The number of hydrogen-bond donors (Lipinski definition) is 3. The van der Waals surface area contributed by atoms with E-state index in [1.807, 2.05) is 20.8 Å². The minimum absolute atomic E-state index is 0.0456. The van der Waals surface area contributed by atoms with E-state index in [4.69, 9.17) is 0 Å². The van der Waals surface area contributed by atoms with Crippen LogP contribution in [0.15, 0.2) is 12.7 Å². The second-order valence-corrected chi connectivity index (χ2v) is 4.26. The van der Waals surface area contributed by atoms with Gasteiger partial charge in [0.2, 0.25) is 5.91 Å². The number of phenolic OH excluding ortho intramolecular Hbond substituents is 2. The van der Waals surface area contributed by atoms with Crippen LogP contribution >= 0.6 is 0 Å². The molecule has 0 radical (unpaired) electrons. The first kappa shape index (κ1) is 15.1. The lowest BCUT2D eigenvalue weighted by Crippen LogP contribution is -2.11. The van der Waals surface area contributed by atoms with Gasteiger partial charge in [-0.1, -0.05) is 27.4 Å². The Morgan fingerprint density at radius 2 is 1.53 bits per heavy atom. The molecule has 0 aliphatic carbocycles. The molecule has 1 amide bonds. The number of anilines is 1. The van der Waals surface area contributed by atoms with Crippen LogP contribution in [0.2, 0.25) is 0 Å². The van der Waals surface area contributed by atoms with E-state index in [9.17, 15) is 15.0 Å². The molecule has 1 aromatic carbocycles. The van der Waals surface area contributed by atoms with Crippen molar-refractivity contribution in [3.63, 3.8) is 0 Å². The standard InChI is InChI=1S/C15H21NO3/c1-5-9-10(6-2)15(19)13(16-12(17)8-4)11(7-3)14(9)18/h8,18-19H,4-7H2,1-3H3,(H,16,17). The maximum Gasteiger partial charge on any atom is 0.247 e. The Morgan fingerprint density at radius 3 is 1.95 bits per heavy atom. The summed E-state index contributed by atoms with van der Waals surface area (Å²) in [6.45, 7) is 9.08. The summed E-state index contributed by atoms with van der Waals surface area (Å²) in [5, 5.41) is 23.2. The number of amides is 1. The fourth-order valence-corrected chi connectivity index (χ4v) is 2.29. The third-order valence-electron chi connectivity index (χ3n) is 3.25. The van der Waals surface area contributed by atoms with Crippen molar-refractivity contribution in [1.29, 1.82) is 0 Å². The van der Waals surface area contributed by atoms with Gasteiger partial charge in [0, 0.05) is 16.7 Å². The van der Waals surface area contributed by atoms with Gasteiger partial charge in [-0.05, 0) is 25.3 Å². The molecular formula is C15H21NO3. The first-order valence-electron chi connectivity index (χ1n) is 6.53. The lowest BCUT2D eigenvalue weighted by molar-refractivity contribution is -0.111. The number of carbonyl (C=O) groups is 1. The highest BCUT2D eigenvalue weighted by Crippen LogP contribution is 2.42. The zero-order valence-electron chi connectivity index (χ0n) is 11.7. The van der Waals surface area contributed by atoms with Gasteiger partial charge in [-0.25, -0.2) is 0 Å². The van der Waals surface area contributed by atoms with Crippen molar-refractivity contribution in [1.82, 2.24) is 0 Å². The average molecular weight is 263 g/mol. The third-order valence-corrected chi connectivity index (χ3v) is 3.25. The molecule has 0 spiro atoms. The highest BCUT2D eigenvalue weighted by molar-refractivity contribution is 6.01. The van der Waals surface area contributed by atoms with E-state index in [0.29, 0.717) is 36.1 Å². The maximum absolute atomic E-state index is 11.4. The quantitative estimate of drug-likeness (QED) is 0.434. The molecule has 104 valence electrons. The molecule has 3 N–H and O–H groups in total. The van der Waals surface area contributed by atoms with Crippen LogP contribution in [0.5, 0.6) is 11.5 Å². The summed E-state index contributed by atoms with van der Waals surface area (Å²) >= 11 is 0. The number of aromatic hydroxyl groups is 2. The second-order valence-electron chi connectivity index (χ2n) is 4.26. The van der Waals surface area contributed by atoms with Gasteiger partial charge >= 0.3 is 0 Å². The molecule has 0 fully saturated rings. The predicted octanol–water partition coefficient (Wildman–Crippen LogP) is 2.91. The van der Waals surface area contributed by atoms with Crippen LogP contribution in [0, 0.1) is 0 Å². The van der Waals surface area contributed by atoms with Gasteiger partial charge < -0.3 is 15.5 Å². The number of nitrogens with one attached hydrogen (secondary N) is 1. The summed E-state index contributed by atoms with van der Waals surface area (Å²) in [6.07, 6.45) is 2.87. The normalized spacial score (nSPS) is 10.3. The summed E-state index contributed by atoms with van der Waals surface area (Å²) in [7, 11) is 0. The number of hydrogen-bond acceptors (Lipinski definition) is 3. The highest BCUT2D eigenvalue weighted by atomic mass is 16.3. The Hall–Kier alpha value is -1.97. The summed E-state index contributed by atoms with van der Waals surface area (Å²) in [6, 6.07) is 0. The molecule has 1 aromatic rings. The van der Waals surface area contributed by atoms with Crippen LogP contribution in [0.4, 0.5) is 5.69 Å². The smallest absolute Gasteiger partial charge is 0.247 e. The van der Waals surface area contributed by atoms with Gasteiger partial charge in [0.15, 0.2) is 0 Å². The van der Waals surface area contributed by atoms with Crippen molar-refractivity contribution in [2.45, 2.75) is 40.0 Å². The zero-order valence-corrected chi connectivity index (χ0v) is 11.7. The third kappa shape index (κ3) is 2.72. The van der Waals surface area contributed by atoms with Gasteiger partial charge in [-0.3, -0.25) is 4.79 Å². The first-order valence-corrected chi connectivity index (χ1v) is 6.53. The molecule has 4 nitrogen and oxygen atoms in total. The SMILES string of the molecule is C=CC(=O)Nc1c(O)c(CC)c(CC)c(O)c1CC. The van der Waals surface area contributed by atoms with Crippen LogP contribution in [-0.4, -0.2) is 16.1 Å². The summed E-state index contributed by atoms with van der Waals surface area (Å²) < 4.78 is 0. The van der Waals surface area contributed by atoms with Crippen LogP contribution in [0.3, 0.4) is 0 Å².